The first-order chi connectivity index (χ1) is 7.56. The zero-order valence-corrected chi connectivity index (χ0v) is 10.2. The summed E-state index contributed by atoms with van der Waals surface area (Å²) in [5, 5.41) is 0. The van der Waals surface area contributed by atoms with Crippen LogP contribution >= 0.6 is 0 Å². The van der Waals surface area contributed by atoms with Gasteiger partial charge in [0.1, 0.15) is 5.78 Å². The van der Waals surface area contributed by atoms with Gasteiger partial charge in [-0.25, -0.2) is 0 Å². The van der Waals surface area contributed by atoms with Gasteiger partial charge in [-0.15, -0.1) is 0 Å². The lowest BCUT2D eigenvalue weighted by Crippen LogP contribution is -1.92. The van der Waals surface area contributed by atoms with Crippen molar-refractivity contribution in [3.8, 4) is 0 Å². The van der Waals surface area contributed by atoms with Crippen molar-refractivity contribution < 1.29 is 4.79 Å². The van der Waals surface area contributed by atoms with Crippen molar-refractivity contribution in [2.45, 2.75) is 26.7 Å². The highest BCUT2D eigenvalue weighted by molar-refractivity contribution is 5.75. The SMILES string of the molecule is C=CC(=C)C.CC(=O)CCc1ccccc1. The number of Topliss-reactive ketones (excluding diaryl/α,β-unsaturated/α-hetero) is 1. The summed E-state index contributed by atoms with van der Waals surface area (Å²) in [6, 6.07) is 10.1. The van der Waals surface area contributed by atoms with Crippen LogP contribution in [-0.2, 0) is 11.2 Å². The average Bonchev–Trinajstić information content (AvgIpc) is 2.28. The Morgan fingerprint density at radius 2 is 1.75 bits per heavy atom. The first-order valence-corrected chi connectivity index (χ1v) is 5.37. The molecule has 0 spiro atoms. The van der Waals surface area contributed by atoms with Crippen molar-refractivity contribution in [1.29, 1.82) is 0 Å². The van der Waals surface area contributed by atoms with Crippen LogP contribution in [0.15, 0.2) is 55.1 Å². The molecule has 86 valence electrons. The Bertz CT molecular complexity index is 336. The number of benzene rings is 1. The molecule has 1 aromatic rings. The minimum Gasteiger partial charge on any atom is -0.300 e. The van der Waals surface area contributed by atoms with Crippen LogP contribution in [0.2, 0.25) is 0 Å². The molecule has 0 amide bonds. The monoisotopic (exact) mass is 216 g/mol. The molecule has 0 saturated carbocycles. The molecule has 0 N–H and O–H groups in total. The zero-order valence-electron chi connectivity index (χ0n) is 10.2. The molecule has 1 heteroatoms. The maximum atomic E-state index is 10.6. The Morgan fingerprint density at radius 1 is 1.25 bits per heavy atom. The summed E-state index contributed by atoms with van der Waals surface area (Å²) >= 11 is 0. The van der Waals surface area contributed by atoms with E-state index in [0.29, 0.717) is 6.42 Å². The molecule has 0 aliphatic heterocycles. The molecule has 0 radical (unpaired) electrons. The van der Waals surface area contributed by atoms with Crippen molar-refractivity contribution in [3.63, 3.8) is 0 Å². The van der Waals surface area contributed by atoms with Gasteiger partial charge in [0.05, 0.1) is 0 Å². The molecule has 0 aliphatic rings. The summed E-state index contributed by atoms with van der Waals surface area (Å²) in [6.45, 7) is 10.6. The van der Waals surface area contributed by atoms with E-state index >= 15 is 0 Å². The second kappa shape index (κ2) is 8.66. The molecule has 0 aliphatic carbocycles. The van der Waals surface area contributed by atoms with Crippen LogP contribution in [0.4, 0.5) is 0 Å². The molecule has 0 bridgehead atoms. The van der Waals surface area contributed by atoms with Crippen molar-refractivity contribution in [1.82, 2.24) is 0 Å². The predicted octanol–water partition coefficient (Wildman–Crippen LogP) is 3.96. The minimum absolute atomic E-state index is 0.258. The van der Waals surface area contributed by atoms with E-state index < -0.39 is 0 Å². The third-order valence-corrected chi connectivity index (χ3v) is 1.96. The molecule has 1 rings (SSSR count). The smallest absolute Gasteiger partial charge is 0.130 e. The Morgan fingerprint density at radius 3 is 2.12 bits per heavy atom. The van der Waals surface area contributed by atoms with Crippen LogP contribution in [0.3, 0.4) is 0 Å². The summed E-state index contributed by atoms with van der Waals surface area (Å²) in [5.41, 5.74) is 2.26. The molecular formula is C15H20O. The van der Waals surface area contributed by atoms with Gasteiger partial charge in [-0.1, -0.05) is 55.1 Å². The van der Waals surface area contributed by atoms with Crippen LogP contribution in [0, 0.1) is 0 Å². The average molecular weight is 216 g/mol. The molecule has 0 atom stereocenters. The Balaban J connectivity index is 0.000000385. The number of rotatable bonds is 4. The summed E-state index contributed by atoms with van der Waals surface area (Å²) in [7, 11) is 0. The molecule has 0 aromatic heterocycles. The van der Waals surface area contributed by atoms with E-state index in [1.165, 1.54) is 5.56 Å². The number of hydrogen-bond acceptors (Lipinski definition) is 1. The van der Waals surface area contributed by atoms with Gasteiger partial charge in [-0.05, 0) is 25.8 Å². The predicted molar refractivity (Wildman–Crippen MR) is 70.5 cm³/mol. The van der Waals surface area contributed by atoms with Crippen molar-refractivity contribution in [3.05, 3.63) is 60.7 Å². The van der Waals surface area contributed by atoms with Crippen LogP contribution in [0.5, 0.6) is 0 Å². The van der Waals surface area contributed by atoms with Crippen LogP contribution in [0.1, 0.15) is 25.8 Å². The van der Waals surface area contributed by atoms with E-state index in [0.717, 1.165) is 12.0 Å². The highest BCUT2D eigenvalue weighted by Crippen LogP contribution is 2.01. The normalized spacial score (nSPS) is 8.62. The zero-order chi connectivity index (χ0) is 12.4. The third-order valence-electron chi connectivity index (χ3n) is 1.96. The lowest BCUT2D eigenvalue weighted by Gasteiger charge is -1.96. The first kappa shape index (κ1) is 14.4. The van der Waals surface area contributed by atoms with Gasteiger partial charge >= 0.3 is 0 Å². The van der Waals surface area contributed by atoms with Gasteiger partial charge in [-0.3, -0.25) is 0 Å². The van der Waals surface area contributed by atoms with E-state index in [2.05, 4.69) is 13.2 Å². The van der Waals surface area contributed by atoms with Gasteiger partial charge in [0.15, 0.2) is 0 Å². The topological polar surface area (TPSA) is 17.1 Å². The van der Waals surface area contributed by atoms with E-state index in [1.807, 2.05) is 37.3 Å². The van der Waals surface area contributed by atoms with Gasteiger partial charge in [0.2, 0.25) is 0 Å². The highest BCUT2D eigenvalue weighted by atomic mass is 16.1. The first-order valence-electron chi connectivity index (χ1n) is 5.37. The molecule has 16 heavy (non-hydrogen) atoms. The molecular weight excluding hydrogens is 196 g/mol. The van der Waals surface area contributed by atoms with Crippen LogP contribution < -0.4 is 0 Å². The second-order valence-corrected chi connectivity index (χ2v) is 3.74. The van der Waals surface area contributed by atoms with Crippen molar-refractivity contribution >= 4 is 5.78 Å². The van der Waals surface area contributed by atoms with Crippen LogP contribution in [0.25, 0.3) is 0 Å². The number of hydrogen-bond donors (Lipinski definition) is 0. The number of carbonyl (C=O) groups is 1. The fourth-order valence-corrected chi connectivity index (χ4v) is 0.965. The minimum atomic E-state index is 0.258. The number of allylic oxidation sites excluding steroid dienone is 2. The summed E-state index contributed by atoms with van der Waals surface area (Å²) in [5.74, 6) is 0.258. The lowest BCUT2D eigenvalue weighted by molar-refractivity contribution is -0.116. The van der Waals surface area contributed by atoms with Crippen molar-refractivity contribution in [2.75, 3.05) is 0 Å². The van der Waals surface area contributed by atoms with Gasteiger partial charge < -0.3 is 4.79 Å². The van der Waals surface area contributed by atoms with E-state index in [1.54, 1.807) is 13.0 Å². The third kappa shape index (κ3) is 8.95. The summed E-state index contributed by atoms with van der Waals surface area (Å²) in [4.78, 5) is 10.6. The van der Waals surface area contributed by atoms with Gasteiger partial charge in [0, 0.05) is 6.42 Å². The Kier molecular flexibility index (Phi) is 7.78. The fraction of sp³-hybridized carbons (Fsp3) is 0.267. The standard InChI is InChI=1S/C10H12O.C5H8/c1-9(11)7-8-10-5-3-2-4-6-10;1-4-5(2)3/h2-6H,7-8H2,1H3;4H,1-2H2,3H3. The highest BCUT2D eigenvalue weighted by Gasteiger charge is 1.94. The number of ketones is 1. The van der Waals surface area contributed by atoms with E-state index in [9.17, 15) is 4.79 Å². The lowest BCUT2D eigenvalue weighted by atomic mass is 10.1. The van der Waals surface area contributed by atoms with E-state index in [4.69, 9.17) is 0 Å². The van der Waals surface area contributed by atoms with E-state index in [-0.39, 0.29) is 5.78 Å². The quantitative estimate of drug-likeness (QED) is 0.696. The largest absolute Gasteiger partial charge is 0.300 e. The maximum Gasteiger partial charge on any atom is 0.130 e. The van der Waals surface area contributed by atoms with Gasteiger partial charge in [-0.2, -0.15) is 0 Å². The second-order valence-electron chi connectivity index (χ2n) is 3.74. The molecule has 0 heterocycles. The molecule has 0 fully saturated rings. The molecule has 1 nitrogen and oxygen atoms in total. The Labute approximate surface area is 98.5 Å². The fourth-order valence-electron chi connectivity index (χ4n) is 0.965. The molecule has 1 aromatic carbocycles. The molecule has 0 saturated heterocycles. The Hall–Kier alpha value is -1.63. The molecule has 0 unspecified atom stereocenters. The number of aryl methyl sites for hydroxylation is 1. The maximum absolute atomic E-state index is 10.6. The number of carbonyl (C=O) groups excluding carboxylic acids is 1. The van der Waals surface area contributed by atoms with Gasteiger partial charge in [0.25, 0.3) is 0 Å². The summed E-state index contributed by atoms with van der Waals surface area (Å²) in [6.07, 6.45) is 3.25. The van der Waals surface area contributed by atoms with Crippen molar-refractivity contribution in [2.24, 2.45) is 0 Å². The summed E-state index contributed by atoms with van der Waals surface area (Å²) < 4.78 is 0. The van der Waals surface area contributed by atoms with Crippen LogP contribution in [-0.4, -0.2) is 5.78 Å².